The molecule has 0 spiro atoms. The van der Waals surface area contributed by atoms with Gasteiger partial charge in [0.25, 0.3) is 0 Å². The van der Waals surface area contributed by atoms with Crippen LogP contribution in [0.5, 0.6) is 0 Å². The minimum absolute atomic E-state index is 0.532. The molecule has 0 aliphatic heterocycles. The third-order valence-electron chi connectivity index (χ3n) is 2.26. The van der Waals surface area contributed by atoms with E-state index in [1.165, 1.54) is 0 Å². The third kappa shape index (κ3) is 1.87. The van der Waals surface area contributed by atoms with Gasteiger partial charge in [0.1, 0.15) is 0 Å². The van der Waals surface area contributed by atoms with Crippen molar-refractivity contribution in [2.45, 2.75) is 13.5 Å². The Morgan fingerprint density at radius 1 is 1.33 bits per heavy atom. The number of tetrazole rings is 1. The van der Waals surface area contributed by atoms with Gasteiger partial charge < -0.3 is 5.73 Å². The van der Waals surface area contributed by atoms with E-state index in [2.05, 4.69) is 15.5 Å². The van der Waals surface area contributed by atoms with Crippen LogP contribution in [0.2, 0.25) is 0 Å². The lowest BCUT2D eigenvalue weighted by Gasteiger charge is -2.05. The molecule has 2 N–H and O–H groups in total. The summed E-state index contributed by atoms with van der Waals surface area (Å²) in [5.74, 6) is 0.776. The number of hydrogen-bond acceptors (Lipinski definition) is 4. The highest BCUT2D eigenvalue weighted by Crippen LogP contribution is 2.19. The Hall–Kier alpha value is -1.75. The quantitative estimate of drug-likeness (QED) is 0.793. The number of aryl methyl sites for hydroxylation is 1. The van der Waals surface area contributed by atoms with E-state index in [-0.39, 0.29) is 0 Å². The first-order valence-corrected chi connectivity index (χ1v) is 4.85. The topological polar surface area (TPSA) is 69.6 Å². The minimum atomic E-state index is 0.532. The number of nitrogens with two attached hydrogens (primary N) is 1. The molecule has 1 aromatic carbocycles. The lowest BCUT2D eigenvalue weighted by molar-refractivity contribution is 0.602. The van der Waals surface area contributed by atoms with Gasteiger partial charge in [0.05, 0.1) is 6.54 Å². The first kappa shape index (κ1) is 9.79. The van der Waals surface area contributed by atoms with Gasteiger partial charge in [-0.1, -0.05) is 24.3 Å². The first-order valence-electron chi connectivity index (χ1n) is 4.85. The van der Waals surface area contributed by atoms with Crippen molar-refractivity contribution in [3.8, 4) is 11.4 Å². The maximum absolute atomic E-state index is 5.49. The zero-order valence-electron chi connectivity index (χ0n) is 8.59. The third-order valence-corrected chi connectivity index (χ3v) is 2.26. The SMILES string of the molecule is Cc1ccccc1-c1nnnn1CCN. The van der Waals surface area contributed by atoms with Crippen molar-refractivity contribution in [1.82, 2.24) is 20.2 Å². The summed E-state index contributed by atoms with van der Waals surface area (Å²) < 4.78 is 1.72. The van der Waals surface area contributed by atoms with Gasteiger partial charge >= 0.3 is 0 Å². The van der Waals surface area contributed by atoms with Crippen LogP contribution in [0.3, 0.4) is 0 Å². The molecular formula is C10H13N5. The van der Waals surface area contributed by atoms with Crippen LogP contribution >= 0.6 is 0 Å². The zero-order chi connectivity index (χ0) is 10.7. The molecule has 15 heavy (non-hydrogen) atoms. The van der Waals surface area contributed by atoms with Gasteiger partial charge in [-0.05, 0) is 22.9 Å². The second-order valence-electron chi connectivity index (χ2n) is 3.33. The standard InChI is InChI=1S/C10H13N5/c1-8-4-2-3-5-9(8)10-12-13-14-15(10)7-6-11/h2-5H,6-7,11H2,1H3. The van der Waals surface area contributed by atoms with Gasteiger partial charge in [-0.25, -0.2) is 4.68 Å². The van der Waals surface area contributed by atoms with Crippen molar-refractivity contribution in [3.63, 3.8) is 0 Å². The minimum Gasteiger partial charge on any atom is -0.329 e. The summed E-state index contributed by atoms with van der Waals surface area (Å²) in [6.07, 6.45) is 0. The number of rotatable bonds is 3. The summed E-state index contributed by atoms with van der Waals surface area (Å²) in [4.78, 5) is 0. The molecule has 0 aliphatic carbocycles. The van der Waals surface area contributed by atoms with Crippen molar-refractivity contribution in [2.75, 3.05) is 6.54 Å². The molecule has 2 aromatic rings. The number of hydrogen-bond donors (Lipinski definition) is 1. The Morgan fingerprint density at radius 3 is 2.87 bits per heavy atom. The molecule has 0 saturated carbocycles. The second kappa shape index (κ2) is 4.18. The monoisotopic (exact) mass is 203 g/mol. The molecule has 0 unspecified atom stereocenters. The van der Waals surface area contributed by atoms with E-state index in [9.17, 15) is 0 Å². The van der Waals surface area contributed by atoms with Crippen molar-refractivity contribution in [3.05, 3.63) is 29.8 Å². The fourth-order valence-electron chi connectivity index (χ4n) is 1.49. The lowest BCUT2D eigenvalue weighted by atomic mass is 10.1. The van der Waals surface area contributed by atoms with E-state index in [1.54, 1.807) is 4.68 Å². The van der Waals surface area contributed by atoms with Crippen molar-refractivity contribution >= 4 is 0 Å². The highest BCUT2D eigenvalue weighted by Gasteiger charge is 2.09. The molecular weight excluding hydrogens is 190 g/mol. The molecule has 5 heteroatoms. The summed E-state index contributed by atoms with van der Waals surface area (Å²) in [5, 5.41) is 11.6. The van der Waals surface area contributed by atoms with Gasteiger partial charge in [0.2, 0.25) is 0 Å². The summed E-state index contributed by atoms with van der Waals surface area (Å²) in [7, 11) is 0. The van der Waals surface area contributed by atoms with Crippen molar-refractivity contribution in [2.24, 2.45) is 5.73 Å². The predicted octanol–water partition coefficient (Wildman–Crippen LogP) is 0.607. The molecule has 0 bridgehead atoms. The number of benzene rings is 1. The van der Waals surface area contributed by atoms with Gasteiger partial charge in [-0.2, -0.15) is 0 Å². The fourth-order valence-corrected chi connectivity index (χ4v) is 1.49. The molecule has 0 saturated heterocycles. The Balaban J connectivity index is 2.45. The van der Waals surface area contributed by atoms with E-state index < -0.39 is 0 Å². The van der Waals surface area contributed by atoms with E-state index in [1.807, 2.05) is 31.2 Å². The van der Waals surface area contributed by atoms with Crippen LogP contribution in [0.15, 0.2) is 24.3 Å². The van der Waals surface area contributed by atoms with Crippen molar-refractivity contribution in [1.29, 1.82) is 0 Å². The molecule has 2 rings (SSSR count). The molecule has 0 fully saturated rings. The van der Waals surface area contributed by atoms with E-state index in [0.29, 0.717) is 13.1 Å². The van der Waals surface area contributed by atoms with E-state index in [0.717, 1.165) is 17.0 Å². The Morgan fingerprint density at radius 2 is 2.13 bits per heavy atom. The molecule has 0 amide bonds. The van der Waals surface area contributed by atoms with Crippen LogP contribution < -0.4 is 5.73 Å². The fraction of sp³-hybridized carbons (Fsp3) is 0.300. The zero-order valence-corrected chi connectivity index (χ0v) is 8.59. The first-order chi connectivity index (χ1) is 7.33. The maximum Gasteiger partial charge on any atom is 0.182 e. The molecule has 78 valence electrons. The van der Waals surface area contributed by atoms with E-state index >= 15 is 0 Å². The summed E-state index contributed by atoms with van der Waals surface area (Å²) in [6.45, 7) is 3.21. The summed E-state index contributed by atoms with van der Waals surface area (Å²) >= 11 is 0. The average molecular weight is 203 g/mol. The predicted molar refractivity (Wildman–Crippen MR) is 57.0 cm³/mol. The van der Waals surface area contributed by atoms with Crippen LogP contribution in [0.4, 0.5) is 0 Å². The molecule has 1 heterocycles. The van der Waals surface area contributed by atoms with Crippen molar-refractivity contribution < 1.29 is 0 Å². The van der Waals surface area contributed by atoms with Gasteiger partial charge in [0, 0.05) is 12.1 Å². The Labute approximate surface area is 87.9 Å². The second-order valence-corrected chi connectivity index (χ2v) is 3.33. The largest absolute Gasteiger partial charge is 0.329 e. The van der Waals surface area contributed by atoms with E-state index in [4.69, 9.17) is 5.73 Å². The molecule has 1 aromatic heterocycles. The molecule has 0 atom stereocenters. The normalized spacial score (nSPS) is 10.5. The molecule has 5 nitrogen and oxygen atoms in total. The van der Waals surface area contributed by atoms with Gasteiger partial charge in [-0.15, -0.1) is 5.10 Å². The average Bonchev–Trinajstić information content (AvgIpc) is 2.67. The van der Waals surface area contributed by atoms with Crippen LogP contribution in [-0.4, -0.2) is 26.8 Å². The number of nitrogens with zero attached hydrogens (tertiary/aromatic N) is 4. The van der Waals surface area contributed by atoms with Crippen LogP contribution in [-0.2, 0) is 6.54 Å². The van der Waals surface area contributed by atoms with Crippen LogP contribution in [0, 0.1) is 6.92 Å². The highest BCUT2D eigenvalue weighted by atomic mass is 15.5. The lowest BCUT2D eigenvalue weighted by Crippen LogP contribution is -2.12. The van der Waals surface area contributed by atoms with Gasteiger partial charge in [0.15, 0.2) is 5.82 Å². The van der Waals surface area contributed by atoms with Gasteiger partial charge in [-0.3, -0.25) is 0 Å². The Bertz CT molecular complexity index is 449. The van der Waals surface area contributed by atoms with Crippen LogP contribution in [0.25, 0.3) is 11.4 Å². The molecule has 0 radical (unpaired) electrons. The summed E-state index contributed by atoms with van der Waals surface area (Å²) in [5.41, 5.74) is 7.70. The Kier molecular flexibility index (Phi) is 2.73. The number of aromatic nitrogens is 4. The smallest absolute Gasteiger partial charge is 0.182 e. The van der Waals surface area contributed by atoms with Crippen LogP contribution in [0.1, 0.15) is 5.56 Å². The maximum atomic E-state index is 5.49. The highest BCUT2D eigenvalue weighted by molar-refractivity contribution is 5.59. The summed E-state index contributed by atoms with van der Waals surface area (Å²) in [6, 6.07) is 8.02. The molecule has 0 aliphatic rings.